The maximum absolute atomic E-state index is 12.7. The summed E-state index contributed by atoms with van der Waals surface area (Å²) < 4.78 is 48.0. The van der Waals surface area contributed by atoms with Gasteiger partial charge in [0.25, 0.3) is 5.91 Å². The molecule has 0 unspecified atom stereocenters. The molecule has 0 aliphatic carbocycles. The second-order valence-corrected chi connectivity index (χ2v) is 10.8. The van der Waals surface area contributed by atoms with E-state index in [4.69, 9.17) is 4.74 Å². The zero-order valence-corrected chi connectivity index (χ0v) is 24.0. The van der Waals surface area contributed by atoms with E-state index in [0.29, 0.717) is 11.4 Å². The average molecular weight is 628 g/mol. The van der Waals surface area contributed by atoms with E-state index >= 15 is 0 Å². The quantitative estimate of drug-likeness (QED) is 0.215. The summed E-state index contributed by atoms with van der Waals surface area (Å²) in [4.78, 5) is 19.5. The predicted molar refractivity (Wildman–Crippen MR) is 157 cm³/mol. The van der Waals surface area contributed by atoms with Crippen molar-refractivity contribution in [1.82, 2.24) is 4.98 Å². The van der Waals surface area contributed by atoms with Crippen molar-refractivity contribution in [1.29, 1.82) is 0 Å². The lowest BCUT2D eigenvalue weighted by Gasteiger charge is -2.34. The standard InChI is InChI=1S/C31H29BrF3N3O3/c1-2-23-18-29(27-17-22(32)5-12-28(27)36-23)40-19-30(39)37-24-6-8-25(9-7-24)38-15-13-21(14-16-38)20-3-10-26(11-4-20)41-31(33,34)35/h3-12,17-18,21H,2,13-16,19H2,1H3,(H,37,39). The Kier molecular flexibility index (Phi) is 8.68. The third kappa shape index (κ3) is 7.49. The Bertz CT molecular complexity index is 1500. The fourth-order valence-electron chi connectivity index (χ4n) is 5.03. The SMILES string of the molecule is CCc1cc(OCC(=O)Nc2ccc(N3CCC(c4ccc(OC(F)(F)F)cc4)CC3)cc2)c2cc(Br)ccc2n1. The fraction of sp³-hybridized carbons (Fsp3) is 0.290. The number of anilines is 2. The minimum absolute atomic E-state index is 0.132. The normalized spacial score (nSPS) is 14.2. The smallest absolute Gasteiger partial charge is 0.483 e. The van der Waals surface area contributed by atoms with Crippen LogP contribution in [0.5, 0.6) is 11.5 Å². The van der Waals surface area contributed by atoms with Gasteiger partial charge in [-0.1, -0.05) is 35.0 Å². The molecule has 0 spiro atoms. The maximum atomic E-state index is 12.7. The number of carbonyl (C=O) groups excluding carboxylic acids is 1. The van der Waals surface area contributed by atoms with Crippen LogP contribution >= 0.6 is 15.9 Å². The van der Waals surface area contributed by atoms with E-state index in [9.17, 15) is 18.0 Å². The molecule has 10 heteroatoms. The number of nitrogens with zero attached hydrogens (tertiary/aromatic N) is 2. The van der Waals surface area contributed by atoms with Gasteiger partial charge in [0.2, 0.25) is 0 Å². The summed E-state index contributed by atoms with van der Waals surface area (Å²) in [5, 5.41) is 3.73. The van der Waals surface area contributed by atoms with Gasteiger partial charge in [0.15, 0.2) is 6.61 Å². The Labute approximate surface area is 244 Å². The van der Waals surface area contributed by atoms with Crippen molar-refractivity contribution < 1.29 is 27.4 Å². The second kappa shape index (κ2) is 12.4. The first-order valence-corrected chi connectivity index (χ1v) is 14.2. The molecule has 1 amide bonds. The highest BCUT2D eigenvalue weighted by Gasteiger charge is 2.31. The monoisotopic (exact) mass is 627 g/mol. The minimum atomic E-state index is -4.69. The summed E-state index contributed by atoms with van der Waals surface area (Å²) in [5.74, 6) is 0.426. The number of aryl methyl sites for hydroxylation is 1. The number of pyridine rings is 1. The summed E-state index contributed by atoms with van der Waals surface area (Å²) in [6, 6.07) is 21.5. The molecule has 1 aromatic heterocycles. The fourth-order valence-corrected chi connectivity index (χ4v) is 5.39. The van der Waals surface area contributed by atoms with Gasteiger partial charge in [0, 0.05) is 46.1 Å². The van der Waals surface area contributed by atoms with Crippen molar-refractivity contribution in [2.45, 2.75) is 38.5 Å². The zero-order chi connectivity index (χ0) is 29.0. The molecule has 0 radical (unpaired) electrons. The largest absolute Gasteiger partial charge is 0.573 e. The first-order chi connectivity index (χ1) is 19.7. The maximum Gasteiger partial charge on any atom is 0.573 e. The highest BCUT2D eigenvalue weighted by molar-refractivity contribution is 9.10. The van der Waals surface area contributed by atoms with Crippen LogP contribution in [0.2, 0.25) is 0 Å². The summed E-state index contributed by atoms with van der Waals surface area (Å²) in [6.45, 7) is 3.53. The lowest BCUT2D eigenvalue weighted by Crippen LogP contribution is -2.32. The number of benzene rings is 3. The summed E-state index contributed by atoms with van der Waals surface area (Å²) in [6.07, 6.45) is -2.16. The first-order valence-electron chi connectivity index (χ1n) is 13.4. The highest BCUT2D eigenvalue weighted by atomic mass is 79.9. The molecule has 5 rings (SSSR count). The van der Waals surface area contributed by atoms with Crippen molar-refractivity contribution in [3.8, 4) is 11.5 Å². The Morgan fingerprint density at radius 1 is 1.02 bits per heavy atom. The lowest BCUT2D eigenvalue weighted by atomic mass is 9.89. The van der Waals surface area contributed by atoms with Crippen LogP contribution in [0.1, 0.15) is 36.9 Å². The number of hydrogen-bond acceptors (Lipinski definition) is 5. The van der Waals surface area contributed by atoms with E-state index in [1.165, 1.54) is 12.1 Å². The van der Waals surface area contributed by atoms with Gasteiger partial charge in [-0.2, -0.15) is 0 Å². The Hall–Kier alpha value is -3.79. The molecule has 1 saturated heterocycles. The van der Waals surface area contributed by atoms with E-state index < -0.39 is 6.36 Å². The van der Waals surface area contributed by atoms with Crippen molar-refractivity contribution in [2.24, 2.45) is 0 Å². The number of nitrogens with one attached hydrogen (secondary N) is 1. The van der Waals surface area contributed by atoms with Gasteiger partial charge in [0.05, 0.1) is 5.52 Å². The van der Waals surface area contributed by atoms with E-state index in [0.717, 1.165) is 64.7 Å². The van der Waals surface area contributed by atoms with E-state index in [1.54, 1.807) is 12.1 Å². The third-order valence-electron chi connectivity index (χ3n) is 7.10. The number of rotatable bonds is 8. The predicted octanol–water partition coefficient (Wildman–Crippen LogP) is 7.86. The van der Waals surface area contributed by atoms with Crippen molar-refractivity contribution in [3.63, 3.8) is 0 Å². The minimum Gasteiger partial charge on any atom is -0.483 e. The molecule has 1 N–H and O–H groups in total. The average Bonchev–Trinajstić information content (AvgIpc) is 2.96. The Morgan fingerprint density at radius 2 is 1.73 bits per heavy atom. The van der Waals surface area contributed by atoms with Gasteiger partial charge >= 0.3 is 6.36 Å². The topological polar surface area (TPSA) is 63.7 Å². The van der Waals surface area contributed by atoms with Crippen LogP contribution in [0.15, 0.2) is 77.3 Å². The van der Waals surface area contributed by atoms with Gasteiger partial charge in [0.1, 0.15) is 11.5 Å². The molecule has 214 valence electrons. The molecule has 3 aromatic carbocycles. The van der Waals surface area contributed by atoms with Crippen LogP contribution in [0.3, 0.4) is 0 Å². The number of ether oxygens (including phenoxy) is 2. The van der Waals surface area contributed by atoms with Crippen LogP contribution in [0, 0.1) is 0 Å². The van der Waals surface area contributed by atoms with Gasteiger partial charge in [-0.25, -0.2) is 0 Å². The number of fused-ring (bicyclic) bond motifs is 1. The van der Waals surface area contributed by atoms with Crippen LogP contribution in [0.25, 0.3) is 10.9 Å². The molecular weight excluding hydrogens is 599 g/mol. The second-order valence-electron chi connectivity index (χ2n) is 9.89. The van der Waals surface area contributed by atoms with E-state index in [-0.39, 0.29) is 24.2 Å². The summed E-state index contributed by atoms with van der Waals surface area (Å²) in [5.41, 5.74) is 4.44. The summed E-state index contributed by atoms with van der Waals surface area (Å²) in [7, 11) is 0. The number of piperidine rings is 1. The van der Waals surface area contributed by atoms with E-state index in [2.05, 4.69) is 35.9 Å². The number of amides is 1. The highest BCUT2D eigenvalue weighted by Crippen LogP contribution is 2.33. The molecule has 2 heterocycles. The zero-order valence-electron chi connectivity index (χ0n) is 22.4. The number of hydrogen-bond donors (Lipinski definition) is 1. The molecular formula is C31H29BrF3N3O3. The van der Waals surface area contributed by atoms with Crippen molar-refractivity contribution >= 4 is 44.1 Å². The number of aromatic nitrogens is 1. The van der Waals surface area contributed by atoms with Gasteiger partial charge in [-0.15, -0.1) is 13.2 Å². The molecule has 4 aromatic rings. The molecule has 1 fully saturated rings. The van der Waals surface area contributed by atoms with Gasteiger partial charge in [-0.05, 0) is 85.3 Å². The lowest BCUT2D eigenvalue weighted by molar-refractivity contribution is -0.274. The molecule has 0 atom stereocenters. The first kappa shape index (κ1) is 28.7. The van der Waals surface area contributed by atoms with Crippen LogP contribution in [-0.2, 0) is 11.2 Å². The van der Waals surface area contributed by atoms with Crippen molar-refractivity contribution in [2.75, 3.05) is 29.9 Å². The molecule has 41 heavy (non-hydrogen) atoms. The Morgan fingerprint density at radius 3 is 2.39 bits per heavy atom. The van der Waals surface area contributed by atoms with Crippen LogP contribution in [-0.4, -0.2) is 36.9 Å². The van der Waals surface area contributed by atoms with Crippen LogP contribution in [0.4, 0.5) is 24.5 Å². The molecule has 1 aliphatic heterocycles. The molecule has 0 bridgehead atoms. The van der Waals surface area contributed by atoms with Crippen LogP contribution < -0.4 is 19.7 Å². The van der Waals surface area contributed by atoms with Gasteiger partial charge in [-0.3, -0.25) is 9.78 Å². The Balaban J connectivity index is 1.13. The molecule has 1 aliphatic rings. The van der Waals surface area contributed by atoms with Crippen molar-refractivity contribution in [3.05, 3.63) is 88.5 Å². The number of carbonyl (C=O) groups is 1. The third-order valence-corrected chi connectivity index (χ3v) is 7.60. The summed E-state index contributed by atoms with van der Waals surface area (Å²) >= 11 is 3.48. The van der Waals surface area contributed by atoms with Gasteiger partial charge < -0.3 is 19.7 Å². The van der Waals surface area contributed by atoms with E-state index in [1.807, 2.05) is 55.5 Å². The molecule has 6 nitrogen and oxygen atoms in total. The number of halogens is 4. The number of alkyl halides is 3. The molecule has 0 saturated carbocycles.